The van der Waals surface area contributed by atoms with Crippen molar-refractivity contribution < 1.29 is 13.2 Å². The van der Waals surface area contributed by atoms with Gasteiger partial charge in [0.2, 0.25) is 15.9 Å². The van der Waals surface area contributed by atoms with E-state index in [2.05, 4.69) is 5.32 Å². The molecule has 7 heteroatoms. The molecule has 0 saturated heterocycles. The summed E-state index contributed by atoms with van der Waals surface area (Å²) in [4.78, 5) is 12.1. The predicted octanol–water partition coefficient (Wildman–Crippen LogP) is 3.12. The number of hydrogen-bond donors (Lipinski definition) is 1. The standard InChI is InChI=1S/C19H23ClN2O3S/c1-15-6-5-7-16(12-15)13-21-19(23)10-11-22(26(2,24)25)14-17-8-3-4-9-18(17)20/h3-9,12H,10-11,13-14H2,1-2H3,(H,21,23). The Morgan fingerprint density at radius 2 is 1.88 bits per heavy atom. The Kier molecular flexibility index (Phi) is 7.20. The van der Waals surface area contributed by atoms with E-state index in [0.717, 1.165) is 17.4 Å². The van der Waals surface area contributed by atoms with Gasteiger partial charge in [-0.3, -0.25) is 4.79 Å². The normalized spacial score (nSPS) is 11.5. The summed E-state index contributed by atoms with van der Waals surface area (Å²) in [5, 5.41) is 3.33. The number of aryl methyl sites for hydroxylation is 1. The second kappa shape index (κ2) is 9.16. The van der Waals surface area contributed by atoms with Crippen LogP contribution in [0.1, 0.15) is 23.1 Å². The Hall–Kier alpha value is -1.89. The number of carbonyl (C=O) groups excluding carboxylic acids is 1. The fourth-order valence-electron chi connectivity index (χ4n) is 2.52. The molecule has 1 N–H and O–H groups in total. The van der Waals surface area contributed by atoms with E-state index in [1.807, 2.05) is 31.2 Å². The number of amides is 1. The molecule has 2 rings (SSSR count). The van der Waals surface area contributed by atoms with Crippen LogP contribution in [0, 0.1) is 6.92 Å². The maximum absolute atomic E-state index is 12.1. The van der Waals surface area contributed by atoms with Crippen LogP contribution in [-0.2, 0) is 27.9 Å². The Labute approximate surface area is 160 Å². The Morgan fingerprint density at radius 3 is 2.54 bits per heavy atom. The molecule has 5 nitrogen and oxygen atoms in total. The zero-order valence-electron chi connectivity index (χ0n) is 14.9. The molecule has 0 aliphatic carbocycles. The number of halogens is 1. The first-order chi connectivity index (χ1) is 12.3. The van der Waals surface area contributed by atoms with Gasteiger partial charge >= 0.3 is 0 Å². The van der Waals surface area contributed by atoms with Crippen molar-refractivity contribution in [3.8, 4) is 0 Å². The average molecular weight is 395 g/mol. The van der Waals surface area contributed by atoms with Gasteiger partial charge in [0.05, 0.1) is 6.26 Å². The summed E-state index contributed by atoms with van der Waals surface area (Å²) in [6.45, 7) is 2.65. The molecule has 26 heavy (non-hydrogen) atoms. The molecule has 0 spiro atoms. The minimum absolute atomic E-state index is 0.0866. The number of hydrogen-bond acceptors (Lipinski definition) is 3. The maximum Gasteiger partial charge on any atom is 0.221 e. The van der Waals surface area contributed by atoms with Gasteiger partial charge in [-0.1, -0.05) is 59.6 Å². The van der Waals surface area contributed by atoms with E-state index in [1.54, 1.807) is 24.3 Å². The van der Waals surface area contributed by atoms with Crippen molar-refractivity contribution in [3.63, 3.8) is 0 Å². The molecule has 0 heterocycles. The molecule has 0 radical (unpaired) electrons. The second-order valence-corrected chi connectivity index (χ2v) is 8.59. The molecule has 0 bridgehead atoms. The zero-order chi connectivity index (χ0) is 19.2. The zero-order valence-corrected chi connectivity index (χ0v) is 16.5. The summed E-state index contributed by atoms with van der Waals surface area (Å²) < 4.78 is 25.3. The molecule has 1 amide bonds. The summed E-state index contributed by atoms with van der Waals surface area (Å²) in [6, 6.07) is 14.9. The summed E-state index contributed by atoms with van der Waals surface area (Å²) >= 11 is 6.11. The first-order valence-electron chi connectivity index (χ1n) is 8.26. The van der Waals surface area contributed by atoms with Crippen molar-refractivity contribution >= 4 is 27.5 Å². The van der Waals surface area contributed by atoms with Crippen LogP contribution in [-0.4, -0.2) is 31.4 Å². The lowest BCUT2D eigenvalue weighted by atomic mass is 10.1. The molecule has 2 aromatic carbocycles. The van der Waals surface area contributed by atoms with Crippen LogP contribution in [0.5, 0.6) is 0 Å². The molecule has 0 unspecified atom stereocenters. The van der Waals surface area contributed by atoms with Gasteiger partial charge in [-0.2, -0.15) is 4.31 Å². The number of benzene rings is 2. The third-order valence-electron chi connectivity index (χ3n) is 3.93. The third kappa shape index (κ3) is 6.44. The van der Waals surface area contributed by atoms with E-state index in [4.69, 9.17) is 11.6 Å². The highest BCUT2D eigenvalue weighted by atomic mass is 35.5. The summed E-state index contributed by atoms with van der Waals surface area (Å²) in [6.07, 6.45) is 1.22. The second-order valence-electron chi connectivity index (χ2n) is 6.20. The largest absolute Gasteiger partial charge is 0.352 e. The molecule has 0 saturated carbocycles. The quantitative estimate of drug-likeness (QED) is 0.748. The van der Waals surface area contributed by atoms with Crippen LogP contribution in [0.4, 0.5) is 0 Å². The highest BCUT2D eigenvalue weighted by molar-refractivity contribution is 7.88. The van der Waals surface area contributed by atoms with Crippen molar-refractivity contribution in [2.24, 2.45) is 0 Å². The topological polar surface area (TPSA) is 66.5 Å². The number of sulfonamides is 1. The van der Waals surface area contributed by atoms with Crippen LogP contribution in [0.2, 0.25) is 5.02 Å². The smallest absolute Gasteiger partial charge is 0.221 e. The molecule has 0 fully saturated rings. The lowest BCUT2D eigenvalue weighted by molar-refractivity contribution is -0.121. The van der Waals surface area contributed by atoms with E-state index in [1.165, 1.54) is 4.31 Å². The Bertz CT molecular complexity index is 869. The predicted molar refractivity (Wildman–Crippen MR) is 104 cm³/mol. The van der Waals surface area contributed by atoms with E-state index < -0.39 is 10.0 Å². The van der Waals surface area contributed by atoms with Crippen molar-refractivity contribution in [3.05, 3.63) is 70.2 Å². The van der Waals surface area contributed by atoms with Crippen molar-refractivity contribution in [2.75, 3.05) is 12.8 Å². The van der Waals surface area contributed by atoms with Gasteiger partial charge in [-0.25, -0.2) is 8.42 Å². The first-order valence-corrected chi connectivity index (χ1v) is 10.5. The molecule has 0 aliphatic rings. The molecule has 0 aliphatic heterocycles. The monoisotopic (exact) mass is 394 g/mol. The van der Waals surface area contributed by atoms with Crippen LogP contribution in [0.3, 0.4) is 0 Å². The average Bonchev–Trinajstić information content (AvgIpc) is 2.57. The van der Waals surface area contributed by atoms with E-state index >= 15 is 0 Å². The summed E-state index contributed by atoms with van der Waals surface area (Å²) in [7, 11) is -3.45. The molecular formula is C19H23ClN2O3S. The number of nitrogens with one attached hydrogen (secondary N) is 1. The van der Waals surface area contributed by atoms with E-state index in [-0.39, 0.29) is 25.4 Å². The summed E-state index contributed by atoms with van der Waals surface area (Å²) in [5.41, 5.74) is 2.84. The molecular weight excluding hydrogens is 372 g/mol. The fraction of sp³-hybridized carbons (Fsp3) is 0.316. The summed E-state index contributed by atoms with van der Waals surface area (Å²) in [5.74, 6) is -0.195. The highest BCUT2D eigenvalue weighted by Crippen LogP contribution is 2.18. The SMILES string of the molecule is Cc1cccc(CNC(=O)CCN(Cc2ccccc2Cl)S(C)(=O)=O)c1. The Morgan fingerprint density at radius 1 is 1.15 bits per heavy atom. The van der Waals surface area contributed by atoms with Gasteiger partial charge in [0.15, 0.2) is 0 Å². The van der Waals surface area contributed by atoms with Crippen molar-refractivity contribution in [1.29, 1.82) is 0 Å². The van der Waals surface area contributed by atoms with Crippen molar-refractivity contribution in [2.45, 2.75) is 26.4 Å². The van der Waals surface area contributed by atoms with Gasteiger partial charge in [0.25, 0.3) is 0 Å². The van der Waals surface area contributed by atoms with Crippen molar-refractivity contribution in [1.82, 2.24) is 9.62 Å². The fourth-order valence-corrected chi connectivity index (χ4v) is 3.51. The van der Waals surface area contributed by atoms with Gasteiger partial charge in [-0.05, 0) is 24.1 Å². The van der Waals surface area contributed by atoms with Gasteiger partial charge in [0, 0.05) is 31.1 Å². The molecule has 0 aromatic heterocycles. The van der Waals surface area contributed by atoms with Crippen LogP contribution in [0.15, 0.2) is 48.5 Å². The maximum atomic E-state index is 12.1. The lowest BCUT2D eigenvalue weighted by Crippen LogP contribution is -2.34. The minimum Gasteiger partial charge on any atom is -0.352 e. The van der Waals surface area contributed by atoms with Gasteiger partial charge < -0.3 is 5.32 Å². The lowest BCUT2D eigenvalue weighted by Gasteiger charge is -2.20. The molecule has 2 aromatic rings. The number of carbonyl (C=O) groups is 1. The van der Waals surface area contributed by atoms with Crippen LogP contribution in [0.25, 0.3) is 0 Å². The first kappa shape index (κ1) is 20.4. The van der Waals surface area contributed by atoms with Crippen LogP contribution >= 0.6 is 11.6 Å². The molecule has 140 valence electrons. The van der Waals surface area contributed by atoms with Crippen LogP contribution < -0.4 is 5.32 Å². The van der Waals surface area contributed by atoms with Gasteiger partial charge in [0.1, 0.15) is 0 Å². The van der Waals surface area contributed by atoms with E-state index in [0.29, 0.717) is 17.1 Å². The third-order valence-corrected chi connectivity index (χ3v) is 5.55. The Balaban J connectivity index is 1.92. The van der Waals surface area contributed by atoms with E-state index in [9.17, 15) is 13.2 Å². The van der Waals surface area contributed by atoms with Gasteiger partial charge in [-0.15, -0.1) is 0 Å². The highest BCUT2D eigenvalue weighted by Gasteiger charge is 2.19. The number of rotatable bonds is 8. The minimum atomic E-state index is -3.45. The molecule has 0 atom stereocenters. The number of nitrogens with zero attached hydrogens (tertiary/aromatic N) is 1.